The number of likely N-dealkylation sites (N-methyl/N-ethyl adjacent to an activating group) is 1. The van der Waals surface area contributed by atoms with Gasteiger partial charge in [0.25, 0.3) is 5.91 Å². The number of aryl methyl sites for hydroxylation is 2. The Morgan fingerprint density at radius 2 is 2.10 bits per heavy atom. The van der Waals surface area contributed by atoms with E-state index < -0.39 is 0 Å². The fraction of sp³-hybridized carbons (Fsp3) is 0.353. The second kappa shape index (κ2) is 7.38. The van der Waals surface area contributed by atoms with Crippen LogP contribution < -0.4 is 10.2 Å². The van der Waals surface area contributed by atoms with E-state index in [2.05, 4.69) is 36.8 Å². The second-order valence-corrected chi connectivity index (χ2v) is 6.43. The Kier molecular flexibility index (Phi) is 5.53. The smallest absolute Gasteiger partial charge is 0.279 e. The molecule has 1 unspecified atom stereocenters. The number of benzene rings is 1. The molecule has 1 heterocycles. The van der Waals surface area contributed by atoms with Crippen molar-refractivity contribution in [1.29, 1.82) is 0 Å². The fourth-order valence-electron chi connectivity index (χ4n) is 2.43. The Hall–Kier alpha value is -1.65. The molecule has 2 aromatic rings. The molecule has 112 valence electrons. The Bertz CT molecular complexity index is 593. The maximum Gasteiger partial charge on any atom is 0.279 e. The van der Waals surface area contributed by atoms with Gasteiger partial charge in [-0.1, -0.05) is 31.2 Å². The summed E-state index contributed by atoms with van der Waals surface area (Å²) >= 11 is 1.74. The molecule has 1 aromatic carbocycles. The molecule has 0 fully saturated rings. The van der Waals surface area contributed by atoms with Crippen LogP contribution in [0.1, 0.15) is 22.9 Å². The number of hydrogen-bond acceptors (Lipinski definition) is 2. The minimum atomic E-state index is 0.0769. The van der Waals surface area contributed by atoms with Gasteiger partial charge in [0.1, 0.15) is 6.54 Å². The van der Waals surface area contributed by atoms with Crippen molar-refractivity contribution in [2.45, 2.75) is 26.8 Å². The first kappa shape index (κ1) is 15.7. The number of anilines is 1. The van der Waals surface area contributed by atoms with Crippen LogP contribution in [0, 0.1) is 6.92 Å². The molecule has 21 heavy (non-hydrogen) atoms. The van der Waals surface area contributed by atoms with E-state index in [1.165, 1.54) is 15.3 Å². The van der Waals surface area contributed by atoms with Crippen molar-refractivity contribution in [2.24, 2.45) is 0 Å². The minimum absolute atomic E-state index is 0.0769. The van der Waals surface area contributed by atoms with Gasteiger partial charge in [0.2, 0.25) is 0 Å². The highest BCUT2D eigenvalue weighted by molar-refractivity contribution is 7.09. The highest BCUT2D eigenvalue weighted by atomic mass is 32.1. The standard InChI is InChI=1S/C17H22N2OS/c1-4-14-8-5-7-13(2)17(14)18-16(20)12-19(3)11-15-9-6-10-21-15/h5-10H,4,11-12H2,1-3H3,(H,18,20)/p+1. The van der Waals surface area contributed by atoms with Gasteiger partial charge in [0.15, 0.2) is 6.54 Å². The lowest BCUT2D eigenvalue weighted by molar-refractivity contribution is -0.884. The van der Waals surface area contributed by atoms with Crippen molar-refractivity contribution in [2.75, 3.05) is 18.9 Å². The molecule has 0 bridgehead atoms. The lowest BCUT2D eigenvalue weighted by Crippen LogP contribution is -3.08. The molecular formula is C17H23N2OS+. The quantitative estimate of drug-likeness (QED) is 0.843. The zero-order chi connectivity index (χ0) is 15.2. The topological polar surface area (TPSA) is 33.5 Å². The second-order valence-electron chi connectivity index (χ2n) is 5.40. The molecule has 4 heteroatoms. The number of carbonyl (C=O) groups excluding carboxylic acids is 1. The van der Waals surface area contributed by atoms with Crippen LogP contribution >= 0.6 is 11.3 Å². The summed E-state index contributed by atoms with van der Waals surface area (Å²) < 4.78 is 0. The number of amides is 1. The van der Waals surface area contributed by atoms with E-state index in [1.807, 2.05) is 25.1 Å². The van der Waals surface area contributed by atoms with Gasteiger partial charge in [-0.3, -0.25) is 4.79 Å². The third-order valence-electron chi connectivity index (χ3n) is 3.52. The summed E-state index contributed by atoms with van der Waals surface area (Å²) in [7, 11) is 2.05. The molecule has 0 saturated carbocycles. The van der Waals surface area contributed by atoms with Crippen LogP contribution in [0.2, 0.25) is 0 Å². The van der Waals surface area contributed by atoms with Crippen LogP contribution in [0.5, 0.6) is 0 Å². The molecule has 1 atom stereocenters. The molecule has 2 N–H and O–H groups in total. The number of thiophene rings is 1. The number of hydrogen-bond donors (Lipinski definition) is 2. The number of carbonyl (C=O) groups is 1. The third kappa shape index (κ3) is 4.41. The Labute approximate surface area is 130 Å². The SMILES string of the molecule is CCc1cccc(C)c1NC(=O)C[NH+](C)Cc1cccs1. The predicted octanol–water partition coefficient (Wildman–Crippen LogP) is 2.27. The third-order valence-corrected chi connectivity index (χ3v) is 4.40. The summed E-state index contributed by atoms with van der Waals surface area (Å²) in [6, 6.07) is 10.3. The molecule has 0 aliphatic carbocycles. The van der Waals surface area contributed by atoms with Gasteiger partial charge < -0.3 is 10.2 Å². The molecule has 0 spiro atoms. The van der Waals surface area contributed by atoms with Gasteiger partial charge in [-0.25, -0.2) is 0 Å². The highest BCUT2D eigenvalue weighted by Crippen LogP contribution is 2.20. The lowest BCUT2D eigenvalue weighted by Gasteiger charge is -2.16. The number of quaternary nitrogens is 1. The van der Waals surface area contributed by atoms with Crippen LogP contribution in [0.15, 0.2) is 35.7 Å². The molecule has 0 saturated heterocycles. The fourth-order valence-corrected chi connectivity index (χ4v) is 3.25. The molecule has 0 radical (unpaired) electrons. The zero-order valence-electron chi connectivity index (χ0n) is 12.9. The molecule has 1 amide bonds. The summed E-state index contributed by atoms with van der Waals surface area (Å²) in [5.74, 6) is 0.0769. The molecule has 2 rings (SSSR count). The van der Waals surface area contributed by atoms with E-state index in [4.69, 9.17) is 0 Å². The van der Waals surface area contributed by atoms with Crippen molar-refractivity contribution in [1.82, 2.24) is 0 Å². The monoisotopic (exact) mass is 303 g/mol. The average Bonchev–Trinajstić information content (AvgIpc) is 2.93. The van der Waals surface area contributed by atoms with Crippen LogP contribution in [0.25, 0.3) is 0 Å². The first-order chi connectivity index (χ1) is 10.1. The number of para-hydroxylation sites is 1. The van der Waals surface area contributed by atoms with Crippen LogP contribution in [-0.2, 0) is 17.8 Å². The van der Waals surface area contributed by atoms with E-state index in [0.29, 0.717) is 6.54 Å². The Morgan fingerprint density at radius 3 is 2.76 bits per heavy atom. The van der Waals surface area contributed by atoms with Gasteiger partial charge in [0, 0.05) is 5.69 Å². The minimum Gasteiger partial charge on any atom is -0.325 e. The molecule has 0 aliphatic rings. The molecule has 1 aromatic heterocycles. The summed E-state index contributed by atoms with van der Waals surface area (Å²) in [5, 5.41) is 5.16. The normalized spacial score (nSPS) is 12.1. The van der Waals surface area contributed by atoms with Crippen molar-refractivity contribution >= 4 is 22.9 Å². The first-order valence-corrected chi connectivity index (χ1v) is 8.20. The van der Waals surface area contributed by atoms with Crippen LogP contribution in [0.4, 0.5) is 5.69 Å². The number of nitrogens with one attached hydrogen (secondary N) is 2. The highest BCUT2D eigenvalue weighted by Gasteiger charge is 2.13. The van der Waals surface area contributed by atoms with Crippen LogP contribution in [-0.4, -0.2) is 19.5 Å². The summed E-state index contributed by atoms with van der Waals surface area (Å²) in [6.07, 6.45) is 0.926. The van der Waals surface area contributed by atoms with Crippen molar-refractivity contribution in [3.05, 3.63) is 51.7 Å². The van der Waals surface area contributed by atoms with Gasteiger partial charge in [-0.15, -0.1) is 11.3 Å². The molecule has 3 nitrogen and oxygen atoms in total. The van der Waals surface area contributed by atoms with E-state index in [9.17, 15) is 4.79 Å². The van der Waals surface area contributed by atoms with E-state index in [-0.39, 0.29) is 5.91 Å². The van der Waals surface area contributed by atoms with Crippen molar-refractivity contribution in [3.8, 4) is 0 Å². The summed E-state index contributed by atoms with van der Waals surface area (Å²) in [5.41, 5.74) is 3.30. The van der Waals surface area contributed by atoms with Crippen molar-refractivity contribution in [3.63, 3.8) is 0 Å². The average molecular weight is 303 g/mol. The maximum atomic E-state index is 12.2. The van der Waals surface area contributed by atoms with E-state index >= 15 is 0 Å². The zero-order valence-corrected chi connectivity index (χ0v) is 13.7. The van der Waals surface area contributed by atoms with E-state index in [1.54, 1.807) is 11.3 Å². The van der Waals surface area contributed by atoms with Crippen LogP contribution in [0.3, 0.4) is 0 Å². The number of rotatable bonds is 6. The van der Waals surface area contributed by atoms with Gasteiger partial charge in [-0.05, 0) is 35.9 Å². The van der Waals surface area contributed by atoms with Gasteiger partial charge in [-0.2, -0.15) is 0 Å². The van der Waals surface area contributed by atoms with Gasteiger partial charge >= 0.3 is 0 Å². The first-order valence-electron chi connectivity index (χ1n) is 7.32. The van der Waals surface area contributed by atoms with Gasteiger partial charge in [0.05, 0.1) is 11.9 Å². The van der Waals surface area contributed by atoms with E-state index in [0.717, 1.165) is 24.2 Å². The summed E-state index contributed by atoms with van der Waals surface area (Å²) in [6.45, 7) is 5.52. The maximum absolute atomic E-state index is 12.2. The summed E-state index contributed by atoms with van der Waals surface area (Å²) in [4.78, 5) is 14.7. The lowest BCUT2D eigenvalue weighted by atomic mass is 10.1. The molecule has 0 aliphatic heterocycles. The predicted molar refractivity (Wildman–Crippen MR) is 89.0 cm³/mol. The Morgan fingerprint density at radius 1 is 1.29 bits per heavy atom. The van der Waals surface area contributed by atoms with Crippen molar-refractivity contribution < 1.29 is 9.69 Å². The molecular weight excluding hydrogens is 280 g/mol. The largest absolute Gasteiger partial charge is 0.325 e. The Balaban J connectivity index is 1.95.